The average Bonchev–Trinajstić information content (AvgIpc) is 2.68. The monoisotopic (exact) mass is 223 g/mol. The van der Waals surface area contributed by atoms with E-state index in [-0.39, 0.29) is 5.91 Å². The standard InChI is InChI=1S/C11H17N3O2/c1-2-9-6-14-11(16-9)7-13-10(15)3-8-4-12-5-8/h6,8,12H,2-5,7H2,1H3,(H,13,15). The molecule has 0 saturated carbocycles. The molecule has 0 radical (unpaired) electrons. The minimum absolute atomic E-state index is 0.0720. The lowest BCUT2D eigenvalue weighted by atomic mass is 9.99. The van der Waals surface area contributed by atoms with Gasteiger partial charge in [0.2, 0.25) is 11.8 Å². The van der Waals surface area contributed by atoms with Crippen LogP contribution >= 0.6 is 0 Å². The minimum atomic E-state index is 0.0720. The Labute approximate surface area is 94.6 Å². The zero-order valence-electron chi connectivity index (χ0n) is 9.45. The molecule has 0 unspecified atom stereocenters. The van der Waals surface area contributed by atoms with Crippen molar-refractivity contribution in [1.29, 1.82) is 0 Å². The zero-order chi connectivity index (χ0) is 11.4. The maximum Gasteiger partial charge on any atom is 0.220 e. The predicted molar refractivity (Wildman–Crippen MR) is 58.7 cm³/mol. The lowest BCUT2D eigenvalue weighted by Gasteiger charge is -2.26. The Morgan fingerprint density at radius 1 is 1.69 bits per heavy atom. The van der Waals surface area contributed by atoms with E-state index in [1.54, 1.807) is 6.20 Å². The van der Waals surface area contributed by atoms with Crippen LogP contribution in [0.15, 0.2) is 10.6 Å². The van der Waals surface area contributed by atoms with E-state index in [1.165, 1.54) is 0 Å². The van der Waals surface area contributed by atoms with E-state index in [9.17, 15) is 4.79 Å². The summed E-state index contributed by atoms with van der Waals surface area (Å²) in [7, 11) is 0. The first kappa shape index (κ1) is 11.1. The third kappa shape index (κ3) is 2.82. The molecule has 1 aliphatic rings. The van der Waals surface area contributed by atoms with Gasteiger partial charge >= 0.3 is 0 Å². The Morgan fingerprint density at radius 2 is 2.50 bits per heavy atom. The first-order valence-electron chi connectivity index (χ1n) is 5.69. The van der Waals surface area contributed by atoms with E-state index in [1.807, 2.05) is 6.92 Å². The van der Waals surface area contributed by atoms with Crippen molar-refractivity contribution in [1.82, 2.24) is 15.6 Å². The van der Waals surface area contributed by atoms with Gasteiger partial charge < -0.3 is 15.1 Å². The van der Waals surface area contributed by atoms with Gasteiger partial charge in [-0.25, -0.2) is 4.98 Å². The number of oxazole rings is 1. The Kier molecular flexibility index (Phi) is 3.56. The minimum Gasteiger partial charge on any atom is -0.444 e. The smallest absolute Gasteiger partial charge is 0.220 e. The van der Waals surface area contributed by atoms with Gasteiger partial charge in [-0.05, 0) is 19.0 Å². The molecule has 2 heterocycles. The van der Waals surface area contributed by atoms with E-state index in [2.05, 4.69) is 15.6 Å². The third-order valence-electron chi connectivity index (χ3n) is 2.73. The lowest BCUT2D eigenvalue weighted by molar-refractivity contribution is -0.122. The summed E-state index contributed by atoms with van der Waals surface area (Å²) in [4.78, 5) is 15.6. The second-order valence-corrected chi connectivity index (χ2v) is 4.08. The SMILES string of the molecule is CCc1cnc(CNC(=O)CC2CNC2)o1. The van der Waals surface area contributed by atoms with Crippen LogP contribution in [0.5, 0.6) is 0 Å². The fraction of sp³-hybridized carbons (Fsp3) is 0.636. The largest absolute Gasteiger partial charge is 0.444 e. The number of aryl methyl sites for hydroxylation is 1. The van der Waals surface area contributed by atoms with Gasteiger partial charge in [-0.15, -0.1) is 0 Å². The van der Waals surface area contributed by atoms with Gasteiger partial charge in [-0.1, -0.05) is 6.92 Å². The first-order valence-corrected chi connectivity index (χ1v) is 5.69. The van der Waals surface area contributed by atoms with Gasteiger partial charge in [0.15, 0.2) is 0 Å². The van der Waals surface area contributed by atoms with Crippen molar-refractivity contribution in [3.63, 3.8) is 0 Å². The molecule has 88 valence electrons. The van der Waals surface area contributed by atoms with Crippen molar-refractivity contribution >= 4 is 5.91 Å². The molecule has 0 atom stereocenters. The summed E-state index contributed by atoms with van der Waals surface area (Å²) in [5, 5.41) is 5.95. The Morgan fingerprint density at radius 3 is 3.06 bits per heavy atom. The van der Waals surface area contributed by atoms with E-state index in [0.29, 0.717) is 24.8 Å². The van der Waals surface area contributed by atoms with Gasteiger partial charge in [0.25, 0.3) is 0 Å². The lowest BCUT2D eigenvalue weighted by Crippen LogP contribution is -2.44. The van der Waals surface area contributed by atoms with E-state index in [4.69, 9.17) is 4.42 Å². The number of amides is 1. The van der Waals surface area contributed by atoms with E-state index >= 15 is 0 Å². The highest BCUT2D eigenvalue weighted by atomic mass is 16.4. The number of rotatable bonds is 5. The molecule has 1 aromatic rings. The Bertz CT molecular complexity index is 358. The molecule has 16 heavy (non-hydrogen) atoms. The van der Waals surface area contributed by atoms with Crippen molar-refractivity contribution in [3.05, 3.63) is 17.8 Å². The summed E-state index contributed by atoms with van der Waals surface area (Å²) >= 11 is 0. The summed E-state index contributed by atoms with van der Waals surface area (Å²) in [5.41, 5.74) is 0. The van der Waals surface area contributed by atoms with Gasteiger partial charge in [0.1, 0.15) is 5.76 Å². The fourth-order valence-corrected chi connectivity index (χ4v) is 1.59. The highest BCUT2D eigenvalue weighted by molar-refractivity contribution is 5.76. The number of nitrogens with one attached hydrogen (secondary N) is 2. The number of hydrogen-bond donors (Lipinski definition) is 2. The molecular weight excluding hydrogens is 206 g/mol. The summed E-state index contributed by atoms with van der Waals surface area (Å²) in [6, 6.07) is 0. The normalized spacial score (nSPS) is 15.8. The molecule has 5 heteroatoms. The fourth-order valence-electron chi connectivity index (χ4n) is 1.59. The quantitative estimate of drug-likeness (QED) is 0.761. The summed E-state index contributed by atoms with van der Waals surface area (Å²) < 4.78 is 5.39. The van der Waals surface area contributed by atoms with Crippen LogP contribution in [0.2, 0.25) is 0 Å². The number of aromatic nitrogens is 1. The van der Waals surface area contributed by atoms with Gasteiger partial charge in [0.05, 0.1) is 12.7 Å². The van der Waals surface area contributed by atoms with Gasteiger partial charge in [0, 0.05) is 12.8 Å². The van der Waals surface area contributed by atoms with Crippen molar-refractivity contribution in [2.24, 2.45) is 5.92 Å². The second kappa shape index (κ2) is 5.12. The highest BCUT2D eigenvalue weighted by Gasteiger charge is 2.19. The topological polar surface area (TPSA) is 67.2 Å². The molecule has 1 aromatic heterocycles. The molecule has 0 aromatic carbocycles. The molecule has 2 N–H and O–H groups in total. The van der Waals surface area contributed by atoms with Crippen LogP contribution in [0.25, 0.3) is 0 Å². The predicted octanol–water partition coefficient (Wildman–Crippen LogP) is 0.463. The van der Waals surface area contributed by atoms with Crippen LogP contribution in [0.3, 0.4) is 0 Å². The van der Waals surface area contributed by atoms with Crippen LogP contribution < -0.4 is 10.6 Å². The van der Waals surface area contributed by atoms with Crippen molar-refractivity contribution in [2.45, 2.75) is 26.3 Å². The highest BCUT2D eigenvalue weighted by Crippen LogP contribution is 2.08. The second-order valence-electron chi connectivity index (χ2n) is 4.08. The molecule has 2 rings (SSSR count). The molecule has 0 aliphatic carbocycles. The maximum absolute atomic E-state index is 11.5. The molecule has 0 bridgehead atoms. The number of carbonyl (C=O) groups excluding carboxylic acids is 1. The molecular formula is C11H17N3O2. The van der Waals surface area contributed by atoms with Crippen LogP contribution in [-0.4, -0.2) is 24.0 Å². The first-order chi connectivity index (χ1) is 7.78. The van der Waals surface area contributed by atoms with E-state index < -0.39 is 0 Å². The van der Waals surface area contributed by atoms with Crippen molar-refractivity contribution in [3.8, 4) is 0 Å². The molecule has 1 amide bonds. The number of nitrogens with zero attached hydrogens (tertiary/aromatic N) is 1. The molecule has 0 spiro atoms. The number of hydrogen-bond acceptors (Lipinski definition) is 4. The van der Waals surface area contributed by atoms with Crippen LogP contribution in [0, 0.1) is 5.92 Å². The van der Waals surface area contributed by atoms with Gasteiger partial charge in [-0.3, -0.25) is 4.79 Å². The maximum atomic E-state index is 11.5. The molecule has 1 saturated heterocycles. The van der Waals surface area contributed by atoms with Gasteiger partial charge in [-0.2, -0.15) is 0 Å². The number of carbonyl (C=O) groups is 1. The molecule has 1 aliphatic heterocycles. The third-order valence-corrected chi connectivity index (χ3v) is 2.73. The van der Waals surface area contributed by atoms with Crippen molar-refractivity contribution in [2.75, 3.05) is 13.1 Å². The summed E-state index contributed by atoms with van der Waals surface area (Å²) in [6.07, 6.45) is 3.13. The Hall–Kier alpha value is -1.36. The molecule has 1 fully saturated rings. The van der Waals surface area contributed by atoms with Crippen LogP contribution in [-0.2, 0) is 17.8 Å². The Balaban J connectivity index is 1.71. The summed E-state index contributed by atoms with van der Waals surface area (Å²) in [5.74, 6) is 2.00. The summed E-state index contributed by atoms with van der Waals surface area (Å²) in [6.45, 7) is 4.30. The van der Waals surface area contributed by atoms with E-state index in [0.717, 1.165) is 25.3 Å². The zero-order valence-corrected chi connectivity index (χ0v) is 9.45. The van der Waals surface area contributed by atoms with Crippen LogP contribution in [0.1, 0.15) is 25.0 Å². The molecule has 5 nitrogen and oxygen atoms in total. The van der Waals surface area contributed by atoms with Crippen LogP contribution in [0.4, 0.5) is 0 Å². The van der Waals surface area contributed by atoms with Crippen molar-refractivity contribution < 1.29 is 9.21 Å². The average molecular weight is 223 g/mol.